The summed E-state index contributed by atoms with van der Waals surface area (Å²) in [6.45, 7) is 3.43. The molecule has 0 saturated carbocycles. The van der Waals surface area contributed by atoms with Gasteiger partial charge in [0, 0.05) is 14.2 Å². The second kappa shape index (κ2) is 31.1. The summed E-state index contributed by atoms with van der Waals surface area (Å²) in [5.41, 5.74) is 3.91. The highest BCUT2D eigenvalue weighted by atomic mass is 31.2. The lowest BCUT2D eigenvalue weighted by molar-refractivity contribution is -0.368. The van der Waals surface area contributed by atoms with Crippen molar-refractivity contribution in [3.8, 4) is 0 Å². The monoisotopic (exact) mass is 507 g/mol. The van der Waals surface area contributed by atoms with Gasteiger partial charge in [0.05, 0.1) is 6.54 Å². The van der Waals surface area contributed by atoms with Crippen molar-refractivity contribution in [2.75, 3.05) is 20.8 Å². The van der Waals surface area contributed by atoms with Gasteiger partial charge >= 0.3 is 0 Å². The molecule has 0 saturated heterocycles. The topological polar surface area (TPSA) is 86.2 Å². The van der Waals surface area contributed by atoms with Crippen LogP contribution in [0.25, 0.3) is 0 Å². The molecule has 0 aliphatic rings. The van der Waals surface area contributed by atoms with E-state index in [0.717, 1.165) is 20.8 Å². The van der Waals surface area contributed by atoms with Crippen molar-refractivity contribution in [1.29, 1.82) is 0 Å². The maximum atomic E-state index is 9.95. The molecule has 0 aliphatic heterocycles. The predicted octanol–water partition coefficient (Wildman–Crippen LogP) is 8.36. The number of unbranched alkanes of at least 4 members (excludes halogenated alkanes) is 23. The molecule has 0 aromatic heterocycles. The Morgan fingerprint density at radius 1 is 0.500 bits per heavy atom. The maximum Gasteiger partial charge on any atom is 0.267 e. The first-order valence-electron chi connectivity index (χ1n) is 14.8. The lowest BCUT2D eigenvalue weighted by atomic mass is 10.0. The van der Waals surface area contributed by atoms with Gasteiger partial charge in [0.15, 0.2) is 0 Å². The molecule has 0 aromatic rings. The van der Waals surface area contributed by atoms with Crippen molar-refractivity contribution in [1.82, 2.24) is 0 Å². The number of quaternary nitrogens is 1. The Morgan fingerprint density at radius 2 is 0.706 bits per heavy atom. The van der Waals surface area contributed by atoms with Crippen LogP contribution in [0.2, 0.25) is 0 Å². The van der Waals surface area contributed by atoms with E-state index >= 15 is 0 Å². The van der Waals surface area contributed by atoms with Crippen molar-refractivity contribution in [2.45, 2.75) is 161 Å². The Hall–Kier alpha value is 0.0700. The summed E-state index contributed by atoms with van der Waals surface area (Å²) < 4.78 is 17.7. The standard InChI is InChI=1S/C26H55N.C2H7O4P/c1-2-3-4-5-6-7-8-9-10-11-12-13-14-15-16-17-18-19-20-21-22-23-24-25-26-27;1-5-7(3,4)6-2/h2-27H2,1H3;1-2H3,(H,3,4). The SMILES string of the molecule is CCCCCCCCCCCCCCCCCCCCCCCCCC[NH3+].COP(=O)([O-])OC. The average Bonchev–Trinajstić information content (AvgIpc) is 2.85. The molecule has 0 unspecified atom stereocenters. The normalized spacial score (nSPS) is 11.4. The van der Waals surface area contributed by atoms with Crippen molar-refractivity contribution in [3.05, 3.63) is 0 Å². The molecule has 0 atom stereocenters. The fraction of sp³-hybridized carbons (Fsp3) is 1.00. The van der Waals surface area contributed by atoms with Crippen molar-refractivity contribution in [3.63, 3.8) is 0 Å². The van der Waals surface area contributed by atoms with E-state index in [1.807, 2.05) is 0 Å². The number of hydrogen-bond donors (Lipinski definition) is 1. The molecule has 34 heavy (non-hydrogen) atoms. The first-order chi connectivity index (χ1) is 16.5. The molecule has 208 valence electrons. The van der Waals surface area contributed by atoms with Crippen LogP contribution in [0, 0.1) is 0 Å². The van der Waals surface area contributed by atoms with E-state index in [2.05, 4.69) is 21.7 Å². The summed E-state index contributed by atoms with van der Waals surface area (Å²) in [4.78, 5) is 9.95. The lowest BCUT2D eigenvalue weighted by Crippen LogP contribution is -2.50. The Labute approximate surface area is 214 Å². The highest BCUT2D eigenvalue weighted by molar-refractivity contribution is 7.45. The highest BCUT2D eigenvalue weighted by Gasteiger charge is 1.98. The number of phosphoric ester groups is 1. The molecule has 0 aromatic carbocycles. The van der Waals surface area contributed by atoms with Gasteiger partial charge in [-0.2, -0.15) is 0 Å². The third-order valence-electron chi connectivity index (χ3n) is 6.55. The van der Waals surface area contributed by atoms with Crippen LogP contribution in [-0.2, 0) is 13.6 Å². The van der Waals surface area contributed by atoms with Gasteiger partial charge in [0.2, 0.25) is 0 Å². The lowest BCUT2D eigenvalue weighted by Gasteiger charge is -2.16. The minimum Gasteiger partial charge on any atom is -0.756 e. The van der Waals surface area contributed by atoms with E-state index in [4.69, 9.17) is 0 Å². The van der Waals surface area contributed by atoms with Crippen LogP contribution in [0.3, 0.4) is 0 Å². The molecular weight excluding hydrogens is 445 g/mol. The highest BCUT2D eigenvalue weighted by Crippen LogP contribution is 2.34. The Balaban J connectivity index is 0. The molecule has 0 spiro atoms. The quantitative estimate of drug-likeness (QED) is 0.0941. The first kappa shape index (κ1) is 36.2. The zero-order valence-electron chi connectivity index (χ0n) is 23.5. The van der Waals surface area contributed by atoms with Crippen molar-refractivity contribution < 1.29 is 24.2 Å². The molecule has 3 N–H and O–H groups in total. The molecule has 0 bridgehead atoms. The van der Waals surface area contributed by atoms with Gasteiger partial charge in [-0.15, -0.1) is 0 Å². The molecule has 0 fully saturated rings. The predicted molar refractivity (Wildman–Crippen MR) is 146 cm³/mol. The Kier molecular flexibility index (Phi) is 33.1. The molecule has 0 rings (SSSR count). The van der Waals surface area contributed by atoms with Gasteiger partial charge in [-0.25, -0.2) is 0 Å². The summed E-state index contributed by atoms with van der Waals surface area (Å²) >= 11 is 0. The molecule has 0 amide bonds. The summed E-state index contributed by atoms with van der Waals surface area (Å²) in [6.07, 6.45) is 35.2. The fourth-order valence-electron chi connectivity index (χ4n) is 4.21. The van der Waals surface area contributed by atoms with Gasteiger partial charge in [0.25, 0.3) is 7.82 Å². The number of hydrogen-bond acceptors (Lipinski definition) is 4. The molecule has 5 nitrogen and oxygen atoms in total. The van der Waals surface area contributed by atoms with E-state index in [1.165, 1.54) is 154 Å². The zero-order valence-corrected chi connectivity index (χ0v) is 24.4. The first-order valence-corrected chi connectivity index (χ1v) is 16.2. The van der Waals surface area contributed by atoms with Crippen LogP contribution >= 0.6 is 7.82 Å². The minimum atomic E-state index is -3.90. The van der Waals surface area contributed by atoms with E-state index in [0.29, 0.717) is 0 Å². The molecular formula is C28H62NO4P. The van der Waals surface area contributed by atoms with E-state index < -0.39 is 7.82 Å². The molecule has 0 aliphatic carbocycles. The van der Waals surface area contributed by atoms with Crippen LogP contribution in [0.4, 0.5) is 0 Å². The van der Waals surface area contributed by atoms with Crippen molar-refractivity contribution >= 4 is 7.82 Å². The van der Waals surface area contributed by atoms with Crippen LogP contribution in [0.15, 0.2) is 0 Å². The average molecular weight is 508 g/mol. The summed E-state index contributed by atoms with van der Waals surface area (Å²) in [5, 5.41) is 0. The maximum absolute atomic E-state index is 9.95. The van der Waals surface area contributed by atoms with Crippen LogP contribution < -0.4 is 10.6 Å². The van der Waals surface area contributed by atoms with Gasteiger partial charge < -0.3 is 19.7 Å². The van der Waals surface area contributed by atoms with Gasteiger partial charge in [-0.3, -0.25) is 4.57 Å². The summed E-state index contributed by atoms with van der Waals surface area (Å²) in [6, 6.07) is 0. The van der Waals surface area contributed by atoms with Crippen LogP contribution in [-0.4, -0.2) is 20.8 Å². The van der Waals surface area contributed by atoms with Gasteiger partial charge in [-0.1, -0.05) is 148 Å². The zero-order chi connectivity index (χ0) is 25.6. The Bertz CT molecular complexity index is 378. The van der Waals surface area contributed by atoms with Crippen LogP contribution in [0.5, 0.6) is 0 Å². The minimum absolute atomic E-state index is 1.04. The van der Waals surface area contributed by atoms with Gasteiger partial charge in [-0.05, 0) is 12.8 Å². The van der Waals surface area contributed by atoms with Gasteiger partial charge in [0.1, 0.15) is 0 Å². The smallest absolute Gasteiger partial charge is 0.267 e. The molecule has 0 heterocycles. The second-order valence-electron chi connectivity index (χ2n) is 9.80. The third kappa shape index (κ3) is 34.2. The third-order valence-corrected chi connectivity index (χ3v) is 7.45. The van der Waals surface area contributed by atoms with E-state index in [-0.39, 0.29) is 0 Å². The summed E-state index contributed by atoms with van der Waals surface area (Å²) in [5.74, 6) is 0. The van der Waals surface area contributed by atoms with E-state index in [1.54, 1.807) is 0 Å². The summed E-state index contributed by atoms with van der Waals surface area (Å²) in [7, 11) is -1.83. The fourth-order valence-corrected chi connectivity index (χ4v) is 4.36. The van der Waals surface area contributed by atoms with E-state index in [9.17, 15) is 9.46 Å². The van der Waals surface area contributed by atoms with Crippen LogP contribution in [0.1, 0.15) is 161 Å². The molecule has 6 heteroatoms. The number of rotatable bonds is 26. The van der Waals surface area contributed by atoms with Crippen molar-refractivity contribution in [2.24, 2.45) is 0 Å². The second-order valence-corrected chi connectivity index (χ2v) is 11.4. The number of phosphoric acid groups is 1. The molecule has 0 radical (unpaired) electrons. The Morgan fingerprint density at radius 3 is 0.853 bits per heavy atom. The largest absolute Gasteiger partial charge is 0.756 e.